The molecule has 0 unspecified atom stereocenters. The third-order valence-electron chi connectivity index (χ3n) is 4.62. The molecule has 114 valence electrons. The smallest absolute Gasteiger partial charge is 0.0556 e. The van der Waals surface area contributed by atoms with Crippen molar-refractivity contribution < 1.29 is 0 Å². The standard InChI is InChI=1S/C22H14ClN/c23-19-11-6-12-20-22(19)18-13-15-7-4-5-8-16(15)14-21(18)24(20)17-9-2-1-3-10-17/h1-14H. The second kappa shape index (κ2) is 5.12. The monoisotopic (exact) mass is 327 g/mol. The highest BCUT2D eigenvalue weighted by Gasteiger charge is 2.15. The quantitative estimate of drug-likeness (QED) is 0.327. The van der Waals surface area contributed by atoms with Gasteiger partial charge in [-0.05, 0) is 47.2 Å². The molecule has 1 nitrogen and oxygen atoms in total. The molecular weight excluding hydrogens is 314 g/mol. The molecule has 0 radical (unpaired) electrons. The van der Waals surface area contributed by atoms with E-state index in [0.29, 0.717) is 0 Å². The first-order chi connectivity index (χ1) is 11.8. The molecule has 1 aromatic heterocycles. The highest BCUT2D eigenvalue weighted by atomic mass is 35.5. The van der Waals surface area contributed by atoms with Crippen molar-refractivity contribution in [3.8, 4) is 5.69 Å². The summed E-state index contributed by atoms with van der Waals surface area (Å²) < 4.78 is 2.29. The maximum atomic E-state index is 6.57. The number of rotatable bonds is 1. The zero-order valence-electron chi connectivity index (χ0n) is 12.9. The van der Waals surface area contributed by atoms with Crippen molar-refractivity contribution in [2.45, 2.75) is 0 Å². The van der Waals surface area contributed by atoms with Crippen molar-refractivity contribution in [1.29, 1.82) is 0 Å². The zero-order valence-corrected chi connectivity index (χ0v) is 13.7. The van der Waals surface area contributed by atoms with Gasteiger partial charge in [-0.3, -0.25) is 0 Å². The molecule has 0 saturated carbocycles. The van der Waals surface area contributed by atoms with Gasteiger partial charge in [-0.2, -0.15) is 0 Å². The van der Waals surface area contributed by atoms with Crippen LogP contribution in [0.15, 0.2) is 84.9 Å². The van der Waals surface area contributed by atoms with Gasteiger partial charge >= 0.3 is 0 Å². The lowest BCUT2D eigenvalue weighted by molar-refractivity contribution is 1.18. The van der Waals surface area contributed by atoms with Crippen molar-refractivity contribution in [2.24, 2.45) is 0 Å². The van der Waals surface area contributed by atoms with Gasteiger partial charge in [0.25, 0.3) is 0 Å². The van der Waals surface area contributed by atoms with Crippen molar-refractivity contribution in [3.05, 3.63) is 90.0 Å². The minimum absolute atomic E-state index is 0.794. The number of hydrogen-bond acceptors (Lipinski definition) is 0. The lowest BCUT2D eigenvalue weighted by atomic mass is 10.1. The van der Waals surface area contributed by atoms with Crippen LogP contribution in [0, 0.1) is 0 Å². The molecule has 4 aromatic carbocycles. The Morgan fingerprint density at radius 1 is 0.625 bits per heavy atom. The summed E-state index contributed by atoms with van der Waals surface area (Å²) in [6.45, 7) is 0. The highest BCUT2D eigenvalue weighted by molar-refractivity contribution is 6.38. The molecule has 0 aliphatic heterocycles. The first kappa shape index (κ1) is 13.6. The van der Waals surface area contributed by atoms with E-state index in [-0.39, 0.29) is 0 Å². The summed E-state index contributed by atoms with van der Waals surface area (Å²) in [5.74, 6) is 0. The largest absolute Gasteiger partial charge is 0.309 e. The summed E-state index contributed by atoms with van der Waals surface area (Å²) in [7, 11) is 0. The molecule has 2 heteroatoms. The fourth-order valence-corrected chi connectivity index (χ4v) is 3.84. The van der Waals surface area contributed by atoms with E-state index in [9.17, 15) is 0 Å². The van der Waals surface area contributed by atoms with Crippen LogP contribution in [0.25, 0.3) is 38.3 Å². The summed E-state index contributed by atoms with van der Waals surface area (Å²) >= 11 is 6.57. The number of hydrogen-bond donors (Lipinski definition) is 0. The molecular formula is C22H14ClN. The second-order valence-corrected chi connectivity index (χ2v) is 6.43. The van der Waals surface area contributed by atoms with Crippen LogP contribution in [-0.4, -0.2) is 4.57 Å². The summed E-state index contributed by atoms with van der Waals surface area (Å²) in [6, 6.07) is 29.5. The van der Waals surface area contributed by atoms with Gasteiger partial charge in [0.1, 0.15) is 0 Å². The second-order valence-electron chi connectivity index (χ2n) is 6.02. The summed E-state index contributed by atoms with van der Waals surface area (Å²) in [5, 5.41) is 5.57. The van der Waals surface area contributed by atoms with E-state index >= 15 is 0 Å². The number of aromatic nitrogens is 1. The van der Waals surface area contributed by atoms with Crippen LogP contribution in [-0.2, 0) is 0 Å². The third kappa shape index (κ3) is 1.88. The van der Waals surface area contributed by atoms with Gasteiger partial charge in [-0.1, -0.05) is 60.1 Å². The molecule has 5 aromatic rings. The van der Waals surface area contributed by atoms with Crippen LogP contribution >= 0.6 is 11.6 Å². The van der Waals surface area contributed by atoms with Gasteiger partial charge in [0.15, 0.2) is 0 Å². The lowest BCUT2D eigenvalue weighted by Crippen LogP contribution is -1.92. The Morgan fingerprint density at radius 3 is 2.12 bits per heavy atom. The Balaban J connectivity index is 2.06. The van der Waals surface area contributed by atoms with Gasteiger partial charge in [0, 0.05) is 16.5 Å². The maximum Gasteiger partial charge on any atom is 0.0556 e. The first-order valence-electron chi connectivity index (χ1n) is 8.00. The number of halogens is 1. The predicted octanol–water partition coefficient (Wildman–Crippen LogP) is 6.59. The van der Waals surface area contributed by atoms with Crippen LogP contribution < -0.4 is 0 Å². The Kier molecular flexibility index (Phi) is 2.91. The Labute approximate surface area is 144 Å². The van der Waals surface area contributed by atoms with Gasteiger partial charge in [0.05, 0.1) is 16.1 Å². The molecule has 0 aliphatic rings. The molecule has 0 amide bonds. The summed E-state index contributed by atoms with van der Waals surface area (Å²) in [4.78, 5) is 0. The van der Waals surface area contributed by atoms with E-state index in [4.69, 9.17) is 11.6 Å². The molecule has 1 heterocycles. The minimum Gasteiger partial charge on any atom is -0.309 e. The van der Waals surface area contributed by atoms with Gasteiger partial charge in [-0.15, -0.1) is 0 Å². The van der Waals surface area contributed by atoms with E-state index in [2.05, 4.69) is 71.3 Å². The lowest BCUT2D eigenvalue weighted by Gasteiger charge is -2.08. The first-order valence-corrected chi connectivity index (χ1v) is 8.37. The molecule has 0 N–H and O–H groups in total. The predicted molar refractivity (Wildman–Crippen MR) is 103 cm³/mol. The van der Waals surface area contributed by atoms with Crippen molar-refractivity contribution >= 4 is 44.2 Å². The highest BCUT2D eigenvalue weighted by Crippen LogP contribution is 2.38. The van der Waals surface area contributed by atoms with Crippen LogP contribution in [0.3, 0.4) is 0 Å². The van der Waals surface area contributed by atoms with Gasteiger partial charge in [-0.25, -0.2) is 0 Å². The number of nitrogens with zero attached hydrogens (tertiary/aromatic N) is 1. The van der Waals surface area contributed by atoms with Gasteiger partial charge < -0.3 is 4.57 Å². The molecule has 0 saturated heterocycles. The minimum atomic E-state index is 0.794. The Hall–Kier alpha value is -2.77. The van der Waals surface area contributed by atoms with Crippen LogP contribution in [0.4, 0.5) is 0 Å². The molecule has 0 bridgehead atoms. The fourth-order valence-electron chi connectivity index (χ4n) is 3.56. The average Bonchev–Trinajstić information content (AvgIpc) is 2.95. The SMILES string of the molecule is Clc1cccc2c1c1cc3ccccc3cc1n2-c1ccccc1. The van der Waals surface area contributed by atoms with Crippen molar-refractivity contribution in [1.82, 2.24) is 4.57 Å². The van der Waals surface area contributed by atoms with Crippen molar-refractivity contribution in [3.63, 3.8) is 0 Å². The van der Waals surface area contributed by atoms with Gasteiger partial charge in [0.2, 0.25) is 0 Å². The molecule has 24 heavy (non-hydrogen) atoms. The fraction of sp³-hybridized carbons (Fsp3) is 0. The van der Waals surface area contributed by atoms with E-state index in [1.54, 1.807) is 0 Å². The van der Waals surface area contributed by atoms with E-state index < -0.39 is 0 Å². The summed E-state index contributed by atoms with van der Waals surface area (Å²) in [5.41, 5.74) is 3.47. The van der Waals surface area contributed by atoms with E-state index in [1.165, 1.54) is 21.7 Å². The molecule has 0 atom stereocenters. The third-order valence-corrected chi connectivity index (χ3v) is 4.94. The number of para-hydroxylation sites is 1. The Morgan fingerprint density at radius 2 is 1.33 bits per heavy atom. The van der Waals surface area contributed by atoms with Crippen LogP contribution in [0.5, 0.6) is 0 Å². The Bertz CT molecular complexity index is 1200. The zero-order chi connectivity index (χ0) is 16.1. The summed E-state index contributed by atoms with van der Waals surface area (Å²) in [6.07, 6.45) is 0. The normalized spacial score (nSPS) is 11.5. The van der Waals surface area contributed by atoms with Crippen molar-refractivity contribution in [2.75, 3.05) is 0 Å². The molecule has 0 spiro atoms. The number of benzene rings is 4. The van der Waals surface area contributed by atoms with Crippen LogP contribution in [0.2, 0.25) is 5.02 Å². The van der Waals surface area contributed by atoms with E-state index in [1.807, 2.05) is 18.2 Å². The van der Waals surface area contributed by atoms with E-state index in [0.717, 1.165) is 21.6 Å². The molecule has 0 fully saturated rings. The average molecular weight is 328 g/mol. The molecule has 0 aliphatic carbocycles. The molecule has 5 rings (SSSR count). The topological polar surface area (TPSA) is 4.93 Å². The van der Waals surface area contributed by atoms with Crippen LogP contribution in [0.1, 0.15) is 0 Å². The maximum absolute atomic E-state index is 6.57. The number of fused-ring (bicyclic) bond motifs is 4.